The molecule has 0 aliphatic carbocycles. The summed E-state index contributed by atoms with van der Waals surface area (Å²) in [4.78, 5) is 8.05. The summed E-state index contributed by atoms with van der Waals surface area (Å²) in [5.41, 5.74) is 1.26. The first-order chi connectivity index (χ1) is 11.1. The molecule has 1 aromatic heterocycles. The van der Waals surface area contributed by atoms with Crippen LogP contribution in [0.15, 0.2) is 40.5 Å². The Balaban J connectivity index is 2.04. The average molecular weight is 332 g/mol. The van der Waals surface area contributed by atoms with Crippen molar-refractivity contribution in [2.45, 2.75) is 24.9 Å². The number of nitrogens with zero attached hydrogens (tertiary/aromatic N) is 5. The SMILES string of the molecule is CCNC(=NCc1nncn1C)N(C)Cc1ccc(SC)cc1. The zero-order valence-corrected chi connectivity index (χ0v) is 15.0. The van der Waals surface area contributed by atoms with Gasteiger partial charge in [0.15, 0.2) is 11.8 Å². The number of thioether (sulfide) groups is 1. The van der Waals surface area contributed by atoms with Gasteiger partial charge in [0, 0.05) is 32.1 Å². The Morgan fingerprint density at radius 1 is 1.35 bits per heavy atom. The zero-order valence-electron chi connectivity index (χ0n) is 14.2. The summed E-state index contributed by atoms with van der Waals surface area (Å²) in [5, 5.41) is 11.3. The Kier molecular flexibility index (Phi) is 6.46. The lowest BCUT2D eigenvalue weighted by Gasteiger charge is -2.22. The third-order valence-electron chi connectivity index (χ3n) is 3.45. The maximum Gasteiger partial charge on any atom is 0.194 e. The monoisotopic (exact) mass is 332 g/mol. The van der Waals surface area contributed by atoms with Gasteiger partial charge in [-0.15, -0.1) is 22.0 Å². The molecular weight excluding hydrogens is 308 g/mol. The van der Waals surface area contributed by atoms with E-state index in [1.807, 2.05) is 18.7 Å². The molecular formula is C16H24N6S. The van der Waals surface area contributed by atoms with Gasteiger partial charge in [-0.1, -0.05) is 12.1 Å². The van der Waals surface area contributed by atoms with Crippen LogP contribution in [-0.4, -0.2) is 45.5 Å². The first-order valence-corrected chi connectivity index (χ1v) is 8.81. The highest BCUT2D eigenvalue weighted by Gasteiger charge is 2.08. The summed E-state index contributed by atoms with van der Waals surface area (Å²) < 4.78 is 1.88. The molecule has 0 amide bonds. The molecule has 7 heteroatoms. The molecule has 124 valence electrons. The molecule has 0 aliphatic heterocycles. The lowest BCUT2D eigenvalue weighted by Crippen LogP contribution is -2.38. The van der Waals surface area contributed by atoms with Crippen molar-refractivity contribution in [3.8, 4) is 0 Å². The second-order valence-corrected chi connectivity index (χ2v) is 6.11. The van der Waals surface area contributed by atoms with Crippen LogP contribution in [0.25, 0.3) is 0 Å². The van der Waals surface area contributed by atoms with Crippen molar-refractivity contribution in [1.29, 1.82) is 0 Å². The Morgan fingerprint density at radius 3 is 2.65 bits per heavy atom. The van der Waals surface area contributed by atoms with Crippen LogP contribution < -0.4 is 5.32 Å². The second-order valence-electron chi connectivity index (χ2n) is 5.23. The smallest absolute Gasteiger partial charge is 0.194 e. The van der Waals surface area contributed by atoms with E-state index in [0.29, 0.717) is 6.54 Å². The van der Waals surface area contributed by atoms with Crippen molar-refractivity contribution in [3.05, 3.63) is 42.0 Å². The molecule has 1 aromatic carbocycles. The van der Waals surface area contributed by atoms with E-state index in [4.69, 9.17) is 0 Å². The van der Waals surface area contributed by atoms with E-state index in [2.05, 4.69) is 62.9 Å². The predicted octanol–water partition coefficient (Wildman–Crippen LogP) is 2.13. The molecule has 0 saturated carbocycles. The van der Waals surface area contributed by atoms with Crippen LogP contribution in [0.3, 0.4) is 0 Å². The molecule has 0 spiro atoms. The summed E-state index contributed by atoms with van der Waals surface area (Å²) in [6, 6.07) is 8.62. The summed E-state index contributed by atoms with van der Waals surface area (Å²) in [6.45, 7) is 4.21. The van der Waals surface area contributed by atoms with Crippen LogP contribution in [0.2, 0.25) is 0 Å². The number of guanidine groups is 1. The molecule has 0 unspecified atom stereocenters. The van der Waals surface area contributed by atoms with E-state index >= 15 is 0 Å². The van der Waals surface area contributed by atoms with Gasteiger partial charge in [0.2, 0.25) is 0 Å². The van der Waals surface area contributed by atoms with Gasteiger partial charge in [-0.3, -0.25) is 0 Å². The highest BCUT2D eigenvalue weighted by Crippen LogP contribution is 2.15. The minimum absolute atomic E-state index is 0.509. The van der Waals surface area contributed by atoms with Gasteiger partial charge in [0.25, 0.3) is 0 Å². The fourth-order valence-corrected chi connectivity index (χ4v) is 2.55. The lowest BCUT2D eigenvalue weighted by atomic mass is 10.2. The number of aromatic nitrogens is 3. The van der Waals surface area contributed by atoms with Crippen molar-refractivity contribution >= 4 is 17.7 Å². The zero-order chi connectivity index (χ0) is 16.7. The standard InChI is InChI=1S/C16H24N6S/c1-5-17-16(18-10-15-20-19-12-22(15)3)21(2)11-13-6-8-14(23-4)9-7-13/h6-9,12H,5,10-11H2,1-4H3,(H,17,18). The highest BCUT2D eigenvalue weighted by molar-refractivity contribution is 7.98. The van der Waals surface area contributed by atoms with Crippen LogP contribution in [0.1, 0.15) is 18.3 Å². The van der Waals surface area contributed by atoms with Crippen molar-refractivity contribution in [3.63, 3.8) is 0 Å². The maximum absolute atomic E-state index is 4.65. The van der Waals surface area contributed by atoms with Gasteiger partial charge >= 0.3 is 0 Å². The first kappa shape index (κ1) is 17.3. The molecule has 2 aromatic rings. The number of aliphatic imine (C=N–C) groups is 1. The number of hydrogen-bond acceptors (Lipinski definition) is 4. The van der Waals surface area contributed by atoms with E-state index in [9.17, 15) is 0 Å². The molecule has 0 saturated heterocycles. The van der Waals surface area contributed by atoms with Gasteiger partial charge < -0.3 is 14.8 Å². The Hall–Kier alpha value is -2.02. The van der Waals surface area contributed by atoms with Crippen LogP contribution in [0.4, 0.5) is 0 Å². The molecule has 2 rings (SSSR count). The Bertz CT molecular complexity index is 634. The third kappa shape index (κ3) is 4.99. The van der Waals surface area contributed by atoms with Gasteiger partial charge in [0.1, 0.15) is 12.9 Å². The molecule has 0 radical (unpaired) electrons. The normalized spacial score (nSPS) is 11.6. The van der Waals surface area contributed by atoms with E-state index < -0.39 is 0 Å². The average Bonchev–Trinajstić information content (AvgIpc) is 2.97. The summed E-state index contributed by atoms with van der Waals surface area (Å²) in [5.74, 6) is 1.71. The first-order valence-electron chi connectivity index (χ1n) is 7.59. The van der Waals surface area contributed by atoms with Crippen LogP contribution in [0, 0.1) is 0 Å². The number of benzene rings is 1. The fourth-order valence-electron chi connectivity index (χ4n) is 2.15. The van der Waals surface area contributed by atoms with Crippen molar-refractivity contribution < 1.29 is 0 Å². The molecule has 1 N–H and O–H groups in total. The molecule has 0 bridgehead atoms. The van der Waals surface area contributed by atoms with E-state index in [0.717, 1.165) is 24.9 Å². The summed E-state index contributed by atoms with van der Waals surface area (Å²) >= 11 is 1.75. The van der Waals surface area contributed by atoms with Gasteiger partial charge in [0.05, 0.1) is 0 Å². The highest BCUT2D eigenvalue weighted by atomic mass is 32.2. The number of hydrogen-bond donors (Lipinski definition) is 1. The van der Waals surface area contributed by atoms with Gasteiger partial charge in [-0.2, -0.15) is 0 Å². The number of rotatable bonds is 6. The van der Waals surface area contributed by atoms with E-state index in [1.54, 1.807) is 18.1 Å². The summed E-state index contributed by atoms with van der Waals surface area (Å²) in [7, 11) is 3.97. The number of aryl methyl sites for hydroxylation is 1. The number of nitrogens with one attached hydrogen (secondary N) is 1. The molecule has 0 aliphatic rings. The predicted molar refractivity (Wildman–Crippen MR) is 95.5 cm³/mol. The summed E-state index contributed by atoms with van der Waals surface area (Å²) in [6.07, 6.45) is 3.78. The van der Waals surface area contributed by atoms with Crippen molar-refractivity contribution in [1.82, 2.24) is 25.0 Å². The lowest BCUT2D eigenvalue weighted by molar-refractivity contribution is 0.476. The van der Waals surface area contributed by atoms with Gasteiger partial charge in [-0.25, -0.2) is 4.99 Å². The molecule has 0 atom stereocenters. The Labute approximate surface area is 142 Å². The van der Waals surface area contributed by atoms with E-state index in [1.165, 1.54) is 10.5 Å². The molecule has 23 heavy (non-hydrogen) atoms. The quantitative estimate of drug-likeness (QED) is 0.499. The topological polar surface area (TPSA) is 58.3 Å². The third-order valence-corrected chi connectivity index (χ3v) is 4.19. The van der Waals surface area contributed by atoms with Crippen LogP contribution in [0.5, 0.6) is 0 Å². The van der Waals surface area contributed by atoms with Crippen molar-refractivity contribution in [2.24, 2.45) is 12.0 Å². The Morgan fingerprint density at radius 2 is 2.09 bits per heavy atom. The molecule has 6 nitrogen and oxygen atoms in total. The second kappa shape index (κ2) is 8.57. The van der Waals surface area contributed by atoms with Gasteiger partial charge in [-0.05, 0) is 30.9 Å². The fraction of sp³-hybridized carbons (Fsp3) is 0.438. The molecule has 0 fully saturated rings. The minimum atomic E-state index is 0.509. The largest absolute Gasteiger partial charge is 0.357 e. The van der Waals surface area contributed by atoms with Crippen LogP contribution >= 0.6 is 11.8 Å². The van der Waals surface area contributed by atoms with Crippen molar-refractivity contribution in [2.75, 3.05) is 19.8 Å². The van der Waals surface area contributed by atoms with Crippen LogP contribution in [-0.2, 0) is 20.1 Å². The minimum Gasteiger partial charge on any atom is -0.357 e. The molecule has 1 heterocycles. The maximum atomic E-state index is 4.65. The van der Waals surface area contributed by atoms with E-state index in [-0.39, 0.29) is 0 Å².